The van der Waals surface area contributed by atoms with E-state index in [0.717, 1.165) is 0 Å². The normalized spacial score (nSPS) is 14.5. The lowest BCUT2D eigenvalue weighted by atomic mass is 9.79. The van der Waals surface area contributed by atoms with Crippen LogP contribution in [0, 0.1) is 0 Å². The fraction of sp³-hybridized carbons (Fsp3) is 0.152. The van der Waals surface area contributed by atoms with Crippen LogP contribution in [0.1, 0.15) is 76.3 Å². The largest absolute Gasteiger partial charge is 0.0616 e. The number of benzene rings is 11. The van der Waals surface area contributed by atoms with Gasteiger partial charge in [0.15, 0.2) is 0 Å². The van der Waals surface area contributed by atoms with Crippen molar-refractivity contribution in [1.29, 1.82) is 0 Å². The molecular formula is C66H52. The lowest BCUT2D eigenvalue weighted by Crippen LogP contribution is -2.15. The molecule has 0 radical (unpaired) electrons. The summed E-state index contributed by atoms with van der Waals surface area (Å²) >= 11 is 0. The Bertz CT molecular complexity index is 3800. The van der Waals surface area contributed by atoms with Gasteiger partial charge in [0.1, 0.15) is 0 Å². The van der Waals surface area contributed by atoms with Gasteiger partial charge >= 0.3 is 0 Å². The molecule has 0 aliphatic heterocycles. The highest BCUT2D eigenvalue weighted by Crippen LogP contribution is 2.53. The van der Waals surface area contributed by atoms with E-state index >= 15 is 0 Å². The molecule has 0 fully saturated rings. The summed E-state index contributed by atoms with van der Waals surface area (Å²) in [5, 5.41) is 10.6. The third-order valence-electron chi connectivity index (χ3n) is 15.8. The molecule has 2 aliphatic carbocycles. The Morgan fingerprint density at radius 2 is 0.712 bits per heavy atom. The van der Waals surface area contributed by atoms with Gasteiger partial charge in [-0.3, -0.25) is 0 Å². The summed E-state index contributed by atoms with van der Waals surface area (Å²) in [6, 6.07) is 72.0. The Balaban J connectivity index is 0.804. The predicted octanol–water partition coefficient (Wildman–Crippen LogP) is 18.3. The molecule has 2 aliphatic rings. The first kappa shape index (κ1) is 39.1. The van der Waals surface area contributed by atoms with Crippen molar-refractivity contribution < 1.29 is 0 Å². The van der Waals surface area contributed by atoms with Gasteiger partial charge in [-0.15, -0.1) is 0 Å². The molecule has 0 atom stereocenters. The van der Waals surface area contributed by atoms with E-state index in [1.54, 1.807) is 0 Å². The Labute approximate surface area is 388 Å². The van der Waals surface area contributed by atoms with Gasteiger partial charge in [0.05, 0.1) is 0 Å². The Morgan fingerprint density at radius 1 is 0.288 bits per heavy atom. The van der Waals surface area contributed by atoms with Gasteiger partial charge in [-0.2, -0.15) is 0 Å². The second kappa shape index (κ2) is 13.6. The SMILES string of the molecule is CC(C)(C)c1cc2ccc3ccc(-c4ccc(-c5ccc6c(c5)C(C)(C)c5cc(-c7ccc8c(c7)C(C)(C)c7cc(-c9cccc%10ccccc9%10)ccc7-8)ccc5-6)cc4)c4ccc(c1)c2c34. The van der Waals surface area contributed by atoms with Gasteiger partial charge in [0.25, 0.3) is 0 Å². The second-order valence-corrected chi connectivity index (χ2v) is 21.3. The Kier molecular flexibility index (Phi) is 8.08. The maximum atomic E-state index is 2.47. The first-order valence-corrected chi connectivity index (χ1v) is 23.7. The second-order valence-electron chi connectivity index (χ2n) is 21.3. The zero-order valence-corrected chi connectivity index (χ0v) is 38.9. The van der Waals surface area contributed by atoms with Crippen molar-refractivity contribution >= 4 is 43.1 Å². The van der Waals surface area contributed by atoms with Gasteiger partial charge < -0.3 is 0 Å². The van der Waals surface area contributed by atoms with Gasteiger partial charge in [-0.25, -0.2) is 0 Å². The fourth-order valence-electron chi connectivity index (χ4n) is 12.0. The Hall–Kier alpha value is -7.28. The van der Waals surface area contributed by atoms with Crippen molar-refractivity contribution in [1.82, 2.24) is 0 Å². The van der Waals surface area contributed by atoms with Gasteiger partial charge in [0, 0.05) is 10.8 Å². The summed E-state index contributed by atoms with van der Waals surface area (Å²) in [4.78, 5) is 0. The Morgan fingerprint density at radius 3 is 1.30 bits per heavy atom. The minimum atomic E-state index is -0.143. The van der Waals surface area contributed by atoms with Gasteiger partial charge in [-0.1, -0.05) is 212 Å². The van der Waals surface area contributed by atoms with E-state index in [1.165, 1.54) is 138 Å². The van der Waals surface area contributed by atoms with Crippen LogP contribution in [0.5, 0.6) is 0 Å². The summed E-state index contributed by atoms with van der Waals surface area (Å²) < 4.78 is 0. The lowest BCUT2D eigenvalue weighted by molar-refractivity contribution is 0.591. The predicted molar refractivity (Wildman–Crippen MR) is 283 cm³/mol. The summed E-state index contributed by atoms with van der Waals surface area (Å²) in [5.74, 6) is 0. The van der Waals surface area contributed by atoms with Crippen LogP contribution in [-0.2, 0) is 16.2 Å². The molecular weight excluding hydrogens is 793 g/mol. The van der Waals surface area contributed by atoms with Crippen molar-refractivity contribution in [2.75, 3.05) is 0 Å². The average Bonchev–Trinajstić information content (AvgIpc) is 3.70. The minimum Gasteiger partial charge on any atom is -0.0616 e. The van der Waals surface area contributed by atoms with Crippen LogP contribution >= 0.6 is 0 Å². The molecule has 0 heterocycles. The molecule has 0 saturated heterocycles. The number of hydrogen-bond acceptors (Lipinski definition) is 0. The van der Waals surface area contributed by atoms with Gasteiger partial charge in [-0.05, 0) is 167 Å². The lowest BCUT2D eigenvalue weighted by Gasteiger charge is -2.24. The van der Waals surface area contributed by atoms with E-state index < -0.39 is 0 Å². The highest BCUT2D eigenvalue weighted by Gasteiger charge is 2.38. The molecule has 0 bridgehead atoms. The molecule has 0 amide bonds. The van der Waals surface area contributed by atoms with Gasteiger partial charge in [0.2, 0.25) is 0 Å². The van der Waals surface area contributed by atoms with Crippen molar-refractivity contribution in [2.45, 2.75) is 64.7 Å². The van der Waals surface area contributed by atoms with Crippen LogP contribution in [0.3, 0.4) is 0 Å². The molecule has 0 unspecified atom stereocenters. The molecule has 0 aromatic heterocycles. The summed E-state index contributed by atoms with van der Waals surface area (Å²) in [7, 11) is 0. The van der Waals surface area contributed by atoms with Crippen molar-refractivity contribution in [3.63, 3.8) is 0 Å². The van der Waals surface area contributed by atoms with E-state index in [0.29, 0.717) is 0 Å². The monoisotopic (exact) mass is 844 g/mol. The molecule has 11 aromatic rings. The summed E-state index contributed by atoms with van der Waals surface area (Å²) in [6.07, 6.45) is 0. The highest BCUT2D eigenvalue weighted by atomic mass is 14.4. The molecule has 316 valence electrons. The van der Waals surface area contributed by atoms with Crippen LogP contribution in [0.15, 0.2) is 188 Å². The van der Waals surface area contributed by atoms with E-state index in [4.69, 9.17) is 0 Å². The summed E-state index contributed by atoms with van der Waals surface area (Å²) in [5.41, 5.74) is 22.4. The molecule has 13 rings (SSSR count). The molecule has 66 heavy (non-hydrogen) atoms. The average molecular weight is 845 g/mol. The zero-order valence-electron chi connectivity index (χ0n) is 38.9. The maximum absolute atomic E-state index is 2.47. The molecule has 0 heteroatoms. The minimum absolute atomic E-state index is 0.0984. The molecule has 11 aromatic carbocycles. The van der Waals surface area contributed by atoms with Crippen LogP contribution in [-0.4, -0.2) is 0 Å². The fourth-order valence-corrected chi connectivity index (χ4v) is 12.0. The maximum Gasteiger partial charge on any atom is 0.0159 e. The third kappa shape index (κ3) is 5.64. The first-order valence-electron chi connectivity index (χ1n) is 23.7. The molecule has 0 nitrogen and oxygen atoms in total. The number of hydrogen-bond donors (Lipinski definition) is 0. The van der Waals surface area contributed by atoms with Crippen molar-refractivity contribution in [3.8, 4) is 66.8 Å². The highest BCUT2D eigenvalue weighted by molar-refractivity contribution is 6.25. The molecule has 0 N–H and O–H groups in total. The topological polar surface area (TPSA) is 0 Å². The van der Waals surface area contributed by atoms with E-state index in [-0.39, 0.29) is 16.2 Å². The molecule has 0 saturated carbocycles. The zero-order chi connectivity index (χ0) is 44.9. The summed E-state index contributed by atoms with van der Waals surface area (Å²) in [6.45, 7) is 16.5. The van der Waals surface area contributed by atoms with E-state index in [2.05, 4.69) is 237 Å². The van der Waals surface area contributed by atoms with Crippen LogP contribution in [0.2, 0.25) is 0 Å². The quantitative estimate of drug-likeness (QED) is 0.155. The van der Waals surface area contributed by atoms with Crippen molar-refractivity contribution in [2.24, 2.45) is 0 Å². The first-order chi connectivity index (χ1) is 31.8. The van der Waals surface area contributed by atoms with E-state index in [1.807, 2.05) is 0 Å². The van der Waals surface area contributed by atoms with Crippen molar-refractivity contribution in [3.05, 3.63) is 216 Å². The van der Waals surface area contributed by atoms with Crippen LogP contribution < -0.4 is 0 Å². The molecule has 0 spiro atoms. The number of rotatable bonds is 4. The number of fused-ring (bicyclic) bond motifs is 7. The van der Waals surface area contributed by atoms with Crippen LogP contribution in [0.25, 0.3) is 110 Å². The third-order valence-corrected chi connectivity index (χ3v) is 15.8. The standard InChI is InChI=1S/C66H52/c1-64(2,3)49-33-47-20-19-42-21-27-52(57-32-26-48(34-49)62(47)63(42)57)41-17-15-39(16-18-41)43-22-28-53-54-29-23-44(36-59(54)65(4,5)58(53)35-43)45-24-30-55-56-31-25-46(38-61(56)66(6,7)60(55)37-45)51-14-10-12-40-11-8-9-13-50(40)51/h8-38H,1-7H3. The van der Waals surface area contributed by atoms with Crippen LogP contribution in [0.4, 0.5) is 0 Å². The smallest absolute Gasteiger partial charge is 0.0159 e. The van der Waals surface area contributed by atoms with E-state index in [9.17, 15) is 0 Å².